The Labute approximate surface area is 139 Å². The zero-order chi connectivity index (χ0) is 16.9. The Morgan fingerprint density at radius 3 is 2.92 bits per heavy atom. The van der Waals surface area contributed by atoms with Gasteiger partial charge in [-0.3, -0.25) is 9.59 Å². The molecule has 0 aliphatic carbocycles. The fourth-order valence-electron chi connectivity index (χ4n) is 2.61. The third kappa shape index (κ3) is 3.48. The second kappa shape index (κ2) is 7.04. The predicted molar refractivity (Wildman–Crippen MR) is 91.0 cm³/mol. The van der Waals surface area contributed by atoms with Gasteiger partial charge < -0.3 is 19.4 Å². The van der Waals surface area contributed by atoms with Crippen LogP contribution in [0.1, 0.15) is 18.4 Å². The van der Waals surface area contributed by atoms with E-state index in [0.717, 1.165) is 17.7 Å². The minimum Gasteiger partial charge on any atom is -0.494 e. The van der Waals surface area contributed by atoms with Crippen molar-refractivity contribution in [3.8, 4) is 5.75 Å². The highest BCUT2D eigenvalue weighted by Crippen LogP contribution is 2.33. The maximum absolute atomic E-state index is 12.0. The van der Waals surface area contributed by atoms with Gasteiger partial charge in [0.1, 0.15) is 5.75 Å². The first-order valence-electron chi connectivity index (χ1n) is 7.67. The van der Waals surface area contributed by atoms with Gasteiger partial charge >= 0.3 is 0 Å². The maximum Gasteiger partial charge on any atom is 0.248 e. The lowest BCUT2D eigenvalue weighted by atomic mass is 10.2. The van der Waals surface area contributed by atoms with Crippen molar-refractivity contribution in [2.75, 3.05) is 23.9 Å². The second-order valence-electron chi connectivity index (χ2n) is 5.41. The summed E-state index contributed by atoms with van der Waals surface area (Å²) >= 11 is 0. The van der Waals surface area contributed by atoms with Crippen LogP contribution in [0, 0.1) is 0 Å². The predicted octanol–water partition coefficient (Wildman–Crippen LogP) is 3.07. The van der Waals surface area contributed by atoms with E-state index >= 15 is 0 Å². The molecule has 1 saturated heterocycles. The van der Waals surface area contributed by atoms with E-state index in [4.69, 9.17) is 9.15 Å². The summed E-state index contributed by atoms with van der Waals surface area (Å²) in [5.41, 5.74) is 2.14. The van der Waals surface area contributed by atoms with Gasteiger partial charge in [-0.05, 0) is 30.7 Å². The molecule has 6 nitrogen and oxygen atoms in total. The Morgan fingerprint density at radius 2 is 2.25 bits per heavy atom. The Kier molecular flexibility index (Phi) is 4.65. The molecule has 1 N–H and O–H groups in total. The summed E-state index contributed by atoms with van der Waals surface area (Å²) in [5.74, 6) is 0.387. The van der Waals surface area contributed by atoms with E-state index in [9.17, 15) is 9.59 Å². The molecule has 1 aliphatic heterocycles. The third-order valence-electron chi connectivity index (χ3n) is 3.78. The fraction of sp³-hybridized carbons (Fsp3) is 0.222. The van der Waals surface area contributed by atoms with Crippen LogP contribution in [-0.2, 0) is 9.59 Å². The SMILES string of the molecule is COc1cc(NC(=O)C=Cc2ccoc2)ccc1N1CCCC1=O. The lowest BCUT2D eigenvalue weighted by molar-refractivity contribution is -0.117. The van der Waals surface area contributed by atoms with Gasteiger partial charge in [-0.15, -0.1) is 0 Å². The van der Waals surface area contributed by atoms with Crippen LogP contribution in [0.4, 0.5) is 11.4 Å². The minimum absolute atomic E-state index is 0.0909. The lowest BCUT2D eigenvalue weighted by Gasteiger charge is -2.19. The molecule has 1 aromatic carbocycles. The molecule has 0 bridgehead atoms. The molecule has 1 aromatic heterocycles. The van der Waals surface area contributed by atoms with Crippen molar-refractivity contribution in [2.24, 2.45) is 0 Å². The van der Waals surface area contributed by atoms with Crippen molar-refractivity contribution in [1.29, 1.82) is 0 Å². The van der Waals surface area contributed by atoms with E-state index in [2.05, 4.69) is 5.32 Å². The molecule has 0 unspecified atom stereocenters. The molecule has 0 saturated carbocycles. The van der Waals surface area contributed by atoms with Gasteiger partial charge in [-0.1, -0.05) is 0 Å². The van der Waals surface area contributed by atoms with E-state index in [1.807, 2.05) is 0 Å². The van der Waals surface area contributed by atoms with Crippen LogP contribution in [0.2, 0.25) is 0 Å². The van der Waals surface area contributed by atoms with E-state index in [0.29, 0.717) is 24.4 Å². The van der Waals surface area contributed by atoms with Crippen molar-refractivity contribution in [2.45, 2.75) is 12.8 Å². The average molecular weight is 326 g/mol. The molecule has 2 heterocycles. The molecule has 1 fully saturated rings. The zero-order valence-electron chi connectivity index (χ0n) is 13.3. The molecule has 24 heavy (non-hydrogen) atoms. The number of benzene rings is 1. The normalized spacial score (nSPS) is 14.4. The molecule has 6 heteroatoms. The topological polar surface area (TPSA) is 71.8 Å². The molecule has 2 amide bonds. The molecule has 0 spiro atoms. The number of ether oxygens (including phenoxy) is 1. The molecule has 2 aromatic rings. The largest absolute Gasteiger partial charge is 0.494 e. The lowest BCUT2D eigenvalue weighted by Crippen LogP contribution is -2.24. The van der Waals surface area contributed by atoms with Gasteiger partial charge in [0, 0.05) is 36.4 Å². The van der Waals surface area contributed by atoms with Crippen LogP contribution in [0.3, 0.4) is 0 Å². The summed E-state index contributed by atoms with van der Waals surface area (Å²) in [4.78, 5) is 25.6. The first-order chi connectivity index (χ1) is 11.7. The third-order valence-corrected chi connectivity index (χ3v) is 3.78. The number of furan rings is 1. The summed E-state index contributed by atoms with van der Waals surface area (Å²) < 4.78 is 10.3. The van der Waals surface area contributed by atoms with Crippen LogP contribution in [0.25, 0.3) is 6.08 Å². The van der Waals surface area contributed by atoms with Crippen LogP contribution < -0.4 is 15.0 Å². The molecule has 1 aliphatic rings. The summed E-state index contributed by atoms with van der Waals surface area (Å²) in [6.07, 6.45) is 7.58. The second-order valence-corrected chi connectivity index (χ2v) is 5.41. The Morgan fingerprint density at radius 1 is 1.38 bits per heavy atom. The molecular weight excluding hydrogens is 308 g/mol. The van der Waals surface area contributed by atoms with E-state index < -0.39 is 0 Å². The fourth-order valence-corrected chi connectivity index (χ4v) is 2.61. The number of rotatable bonds is 5. The van der Waals surface area contributed by atoms with Crippen molar-refractivity contribution in [3.05, 3.63) is 48.4 Å². The monoisotopic (exact) mass is 326 g/mol. The van der Waals surface area contributed by atoms with Crippen molar-refractivity contribution in [3.63, 3.8) is 0 Å². The van der Waals surface area contributed by atoms with Crippen molar-refractivity contribution < 1.29 is 18.7 Å². The summed E-state index contributed by atoms with van der Waals surface area (Å²) in [7, 11) is 1.55. The Bertz CT molecular complexity index is 765. The van der Waals surface area contributed by atoms with Crippen molar-refractivity contribution in [1.82, 2.24) is 0 Å². The smallest absolute Gasteiger partial charge is 0.248 e. The first-order valence-corrected chi connectivity index (χ1v) is 7.67. The standard InChI is InChI=1S/C18H18N2O4/c1-23-16-11-14(5-6-15(16)20-9-2-3-18(20)22)19-17(21)7-4-13-8-10-24-12-13/h4-8,10-12H,2-3,9H2,1H3,(H,19,21). The highest BCUT2D eigenvalue weighted by molar-refractivity contribution is 6.02. The van der Waals surface area contributed by atoms with Crippen molar-refractivity contribution >= 4 is 29.3 Å². The van der Waals surface area contributed by atoms with Crippen LogP contribution in [-0.4, -0.2) is 25.5 Å². The van der Waals surface area contributed by atoms with Crippen LogP contribution >= 0.6 is 0 Å². The zero-order valence-corrected chi connectivity index (χ0v) is 13.3. The summed E-state index contributed by atoms with van der Waals surface area (Å²) in [6, 6.07) is 7.02. The molecule has 0 atom stereocenters. The van der Waals surface area contributed by atoms with Crippen LogP contribution in [0.5, 0.6) is 5.75 Å². The minimum atomic E-state index is -0.261. The number of nitrogens with zero attached hydrogens (tertiary/aromatic N) is 1. The number of hydrogen-bond acceptors (Lipinski definition) is 4. The number of carbonyl (C=O) groups is 2. The summed E-state index contributed by atoms with van der Waals surface area (Å²) in [6.45, 7) is 0.689. The van der Waals surface area contributed by atoms with Gasteiger partial charge in [-0.25, -0.2) is 0 Å². The first kappa shape index (κ1) is 15.9. The quantitative estimate of drug-likeness (QED) is 0.857. The molecule has 3 rings (SSSR count). The average Bonchev–Trinajstić information content (AvgIpc) is 3.24. The number of carbonyl (C=O) groups excluding carboxylic acids is 2. The maximum atomic E-state index is 12.0. The van der Waals surface area contributed by atoms with Gasteiger partial charge in [0.2, 0.25) is 11.8 Å². The summed E-state index contributed by atoms with van der Waals surface area (Å²) in [5, 5.41) is 2.77. The van der Waals surface area contributed by atoms with Gasteiger partial charge in [0.25, 0.3) is 0 Å². The van der Waals surface area contributed by atoms with E-state index in [1.54, 1.807) is 54.9 Å². The highest BCUT2D eigenvalue weighted by Gasteiger charge is 2.24. The Hall–Kier alpha value is -3.02. The molecule has 124 valence electrons. The number of hydrogen-bond donors (Lipinski definition) is 1. The number of anilines is 2. The molecular formula is C18H18N2O4. The molecule has 0 radical (unpaired) electrons. The number of amides is 2. The van der Waals surface area contributed by atoms with Gasteiger partial charge in [0.15, 0.2) is 0 Å². The van der Waals surface area contributed by atoms with Crippen LogP contribution in [0.15, 0.2) is 47.3 Å². The van der Waals surface area contributed by atoms with Gasteiger partial charge in [0.05, 0.1) is 25.3 Å². The van der Waals surface area contributed by atoms with Gasteiger partial charge in [-0.2, -0.15) is 0 Å². The number of methoxy groups -OCH3 is 1. The van der Waals surface area contributed by atoms with E-state index in [1.165, 1.54) is 6.08 Å². The van der Waals surface area contributed by atoms with E-state index in [-0.39, 0.29) is 11.8 Å². The number of nitrogens with one attached hydrogen (secondary N) is 1. The Balaban J connectivity index is 1.72. The highest BCUT2D eigenvalue weighted by atomic mass is 16.5.